The standard InChI is InChI=1S/C17H18N2O4/c1-2-15-19-13-9-10(7-8-14(13)23-15)18-16(20)11-5-3-4-6-12(11)17(21)22/h3-4,7-9,11-12H,2,5-6H2,1H3,(H,18,20)(H,21,22). The number of allylic oxidation sites excluding steroid dienone is 2. The van der Waals surface area contributed by atoms with E-state index in [4.69, 9.17) is 4.42 Å². The molecule has 0 saturated carbocycles. The van der Waals surface area contributed by atoms with Gasteiger partial charge in [-0.25, -0.2) is 4.98 Å². The third-order valence-electron chi connectivity index (χ3n) is 4.09. The normalized spacial score (nSPS) is 20.6. The number of oxazole rings is 1. The zero-order chi connectivity index (χ0) is 16.4. The summed E-state index contributed by atoms with van der Waals surface area (Å²) in [5, 5.41) is 12.1. The summed E-state index contributed by atoms with van der Waals surface area (Å²) in [6, 6.07) is 5.23. The van der Waals surface area contributed by atoms with Crippen molar-refractivity contribution in [1.82, 2.24) is 4.98 Å². The van der Waals surface area contributed by atoms with Crippen LogP contribution in [0.2, 0.25) is 0 Å². The van der Waals surface area contributed by atoms with Crippen molar-refractivity contribution in [1.29, 1.82) is 0 Å². The lowest BCUT2D eigenvalue weighted by molar-refractivity contribution is -0.146. The Morgan fingerprint density at radius 1 is 1.30 bits per heavy atom. The molecule has 2 N–H and O–H groups in total. The van der Waals surface area contributed by atoms with Crippen LogP contribution in [0.25, 0.3) is 11.1 Å². The number of hydrogen-bond acceptors (Lipinski definition) is 4. The number of nitrogens with zero attached hydrogens (tertiary/aromatic N) is 1. The molecule has 23 heavy (non-hydrogen) atoms. The molecule has 2 aromatic rings. The molecular weight excluding hydrogens is 296 g/mol. The van der Waals surface area contributed by atoms with Crippen LogP contribution in [0.3, 0.4) is 0 Å². The highest BCUT2D eigenvalue weighted by Gasteiger charge is 2.33. The fourth-order valence-corrected chi connectivity index (χ4v) is 2.82. The maximum atomic E-state index is 12.4. The number of hydrogen-bond donors (Lipinski definition) is 2. The topological polar surface area (TPSA) is 92.4 Å². The average molecular weight is 314 g/mol. The summed E-state index contributed by atoms with van der Waals surface area (Å²) in [6.07, 6.45) is 5.20. The highest BCUT2D eigenvalue weighted by Crippen LogP contribution is 2.28. The van der Waals surface area contributed by atoms with Crippen LogP contribution in [0.5, 0.6) is 0 Å². The molecule has 0 bridgehead atoms. The smallest absolute Gasteiger partial charge is 0.307 e. The first kappa shape index (κ1) is 15.3. The van der Waals surface area contributed by atoms with E-state index in [0.29, 0.717) is 41.9 Å². The molecule has 1 aromatic carbocycles. The summed E-state index contributed by atoms with van der Waals surface area (Å²) in [6.45, 7) is 1.95. The van der Waals surface area contributed by atoms with Gasteiger partial charge in [-0.05, 0) is 31.0 Å². The molecule has 2 unspecified atom stereocenters. The van der Waals surface area contributed by atoms with E-state index in [9.17, 15) is 14.7 Å². The first-order valence-electron chi connectivity index (χ1n) is 7.66. The van der Waals surface area contributed by atoms with E-state index in [-0.39, 0.29) is 5.91 Å². The van der Waals surface area contributed by atoms with Crippen LogP contribution in [0.15, 0.2) is 34.8 Å². The van der Waals surface area contributed by atoms with E-state index < -0.39 is 17.8 Å². The third-order valence-corrected chi connectivity index (χ3v) is 4.09. The summed E-state index contributed by atoms with van der Waals surface area (Å²) in [4.78, 5) is 28.1. The number of aliphatic carboxylic acids is 1. The molecule has 6 nitrogen and oxygen atoms in total. The first-order valence-corrected chi connectivity index (χ1v) is 7.66. The number of rotatable bonds is 4. The molecule has 1 amide bonds. The average Bonchev–Trinajstić information content (AvgIpc) is 2.97. The van der Waals surface area contributed by atoms with Crippen LogP contribution in [0.1, 0.15) is 25.7 Å². The molecule has 0 saturated heterocycles. The van der Waals surface area contributed by atoms with Crippen molar-refractivity contribution < 1.29 is 19.1 Å². The van der Waals surface area contributed by atoms with Gasteiger partial charge in [0.2, 0.25) is 5.91 Å². The second kappa shape index (κ2) is 6.24. The van der Waals surface area contributed by atoms with Gasteiger partial charge in [0.05, 0.1) is 11.8 Å². The second-order valence-corrected chi connectivity index (χ2v) is 5.63. The van der Waals surface area contributed by atoms with Gasteiger partial charge in [0, 0.05) is 12.1 Å². The van der Waals surface area contributed by atoms with Gasteiger partial charge >= 0.3 is 5.97 Å². The number of aromatic nitrogens is 1. The van der Waals surface area contributed by atoms with Gasteiger partial charge < -0.3 is 14.8 Å². The zero-order valence-corrected chi connectivity index (χ0v) is 12.8. The largest absolute Gasteiger partial charge is 0.481 e. The van der Waals surface area contributed by atoms with Crippen molar-refractivity contribution >= 4 is 28.7 Å². The molecule has 1 aliphatic rings. The minimum Gasteiger partial charge on any atom is -0.481 e. The number of benzene rings is 1. The minimum atomic E-state index is -0.936. The summed E-state index contributed by atoms with van der Waals surface area (Å²) >= 11 is 0. The summed E-state index contributed by atoms with van der Waals surface area (Å²) in [5.74, 6) is -1.81. The SMILES string of the molecule is CCc1nc2cc(NC(=O)C3CC=CCC3C(=O)O)ccc2o1. The number of aryl methyl sites for hydroxylation is 1. The molecule has 0 radical (unpaired) electrons. The number of anilines is 1. The van der Waals surface area contributed by atoms with Crippen LogP contribution in [0, 0.1) is 11.8 Å². The quantitative estimate of drug-likeness (QED) is 0.846. The highest BCUT2D eigenvalue weighted by molar-refractivity contribution is 5.96. The highest BCUT2D eigenvalue weighted by atomic mass is 16.4. The van der Waals surface area contributed by atoms with E-state index in [1.807, 2.05) is 19.1 Å². The van der Waals surface area contributed by atoms with Gasteiger partial charge in [-0.2, -0.15) is 0 Å². The van der Waals surface area contributed by atoms with E-state index in [1.54, 1.807) is 18.2 Å². The monoisotopic (exact) mass is 314 g/mol. The fraction of sp³-hybridized carbons (Fsp3) is 0.353. The van der Waals surface area contributed by atoms with Gasteiger partial charge in [-0.3, -0.25) is 9.59 Å². The second-order valence-electron chi connectivity index (χ2n) is 5.63. The van der Waals surface area contributed by atoms with Crippen LogP contribution >= 0.6 is 0 Å². The van der Waals surface area contributed by atoms with E-state index in [2.05, 4.69) is 10.3 Å². The number of amides is 1. The fourth-order valence-electron chi connectivity index (χ4n) is 2.82. The Kier molecular flexibility index (Phi) is 4.14. The number of nitrogens with one attached hydrogen (secondary N) is 1. The van der Waals surface area contributed by atoms with Crippen molar-refractivity contribution in [3.8, 4) is 0 Å². The Labute approximate surface area is 133 Å². The minimum absolute atomic E-state index is 0.277. The maximum absolute atomic E-state index is 12.4. The number of carboxylic acid groups (broad SMARTS) is 1. The van der Waals surface area contributed by atoms with Crippen molar-refractivity contribution in [2.24, 2.45) is 11.8 Å². The van der Waals surface area contributed by atoms with Gasteiger partial charge in [-0.15, -0.1) is 0 Å². The van der Waals surface area contributed by atoms with E-state index in [0.717, 1.165) is 0 Å². The van der Waals surface area contributed by atoms with Crippen molar-refractivity contribution in [3.05, 3.63) is 36.2 Å². The lowest BCUT2D eigenvalue weighted by Crippen LogP contribution is -2.34. The molecule has 1 heterocycles. The molecule has 3 rings (SSSR count). The lowest BCUT2D eigenvalue weighted by atomic mass is 9.82. The Morgan fingerprint density at radius 2 is 2.04 bits per heavy atom. The van der Waals surface area contributed by atoms with Crippen LogP contribution in [-0.2, 0) is 16.0 Å². The summed E-state index contributed by atoms with van der Waals surface area (Å²) in [7, 11) is 0. The molecule has 120 valence electrons. The number of carbonyl (C=O) groups excluding carboxylic acids is 1. The van der Waals surface area contributed by atoms with E-state index in [1.165, 1.54) is 0 Å². The number of carbonyl (C=O) groups is 2. The molecule has 1 aliphatic carbocycles. The van der Waals surface area contributed by atoms with Gasteiger partial charge in [0.1, 0.15) is 5.52 Å². The Morgan fingerprint density at radius 3 is 2.74 bits per heavy atom. The lowest BCUT2D eigenvalue weighted by Gasteiger charge is -2.24. The van der Waals surface area contributed by atoms with Crippen LogP contribution in [-0.4, -0.2) is 22.0 Å². The van der Waals surface area contributed by atoms with Gasteiger partial charge in [-0.1, -0.05) is 19.1 Å². The summed E-state index contributed by atoms with van der Waals surface area (Å²) < 4.78 is 5.53. The molecule has 2 atom stereocenters. The molecule has 0 spiro atoms. The number of carboxylic acids is 1. The summed E-state index contributed by atoms with van der Waals surface area (Å²) in [5.41, 5.74) is 1.94. The van der Waals surface area contributed by atoms with Crippen LogP contribution in [0.4, 0.5) is 5.69 Å². The maximum Gasteiger partial charge on any atom is 0.307 e. The third kappa shape index (κ3) is 3.11. The Bertz CT molecular complexity index is 778. The molecule has 6 heteroatoms. The van der Waals surface area contributed by atoms with E-state index >= 15 is 0 Å². The van der Waals surface area contributed by atoms with Crippen molar-refractivity contribution in [3.63, 3.8) is 0 Å². The van der Waals surface area contributed by atoms with Crippen LogP contribution < -0.4 is 5.32 Å². The Balaban J connectivity index is 1.79. The molecule has 0 fully saturated rings. The molecule has 0 aliphatic heterocycles. The molecule has 1 aromatic heterocycles. The van der Waals surface area contributed by atoms with Gasteiger partial charge in [0.25, 0.3) is 0 Å². The van der Waals surface area contributed by atoms with Gasteiger partial charge in [0.15, 0.2) is 11.5 Å². The predicted molar refractivity (Wildman–Crippen MR) is 85.0 cm³/mol. The Hall–Kier alpha value is -2.63. The zero-order valence-electron chi connectivity index (χ0n) is 12.8. The number of fused-ring (bicyclic) bond motifs is 1. The first-order chi connectivity index (χ1) is 11.1. The molecular formula is C17H18N2O4. The van der Waals surface area contributed by atoms with Crippen molar-refractivity contribution in [2.45, 2.75) is 26.2 Å². The van der Waals surface area contributed by atoms with Crippen molar-refractivity contribution in [2.75, 3.05) is 5.32 Å². The predicted octanol–water partition coefficient (Wildman–Crippen LogP) is 3.00.